The number of nitrogens with one attached hydrogen (secondary N) is 3. The number of aliphatic hydroxyl groups excluding tert-OH is 1. The van der Waals surface area contributed by atoms with Crippen LogP contribution in [0.2, 0.25) is 5.02 Å². The molecule has 2 heterocycles. The zero-order valence-corrected chi connectivity index (χ0v) is 16.8. The Kier molecular flexibility index (Phi) is 5.50. The highest BCUT2D eigenvalue weighted by Gasteiger charge is 2.25. The van der Waals surface area contributed by atoms with E-state index in [1.165, 1.54) is 31.2 Å². The van der Waals surface area contributed by atoms with E-state index in [2.05, 4.69) is 30.2 Å². The molecule has 1 aliphatic carbocycles. The monoisotopic (exact) mass is 434 g/mol. The molecule has 1 fully saturated rings. The van der Waals surface area contributed by atoms with E-state index < -0.39 is 10.0 Å². The van der Waals surface area contributed by atoms with Crippen LogP contribution < -0.4 is 10.0 Å². The smallest absolute Gasteiger partial charge is 0.240 e. The lowest BCUT2D eigenvalue weighted by Gasteiger charge is -2.08. The van der Waals surface area contributed by atoms with Gasteiger partial charge in [0.2, 0.25) is 10.0 Å². The predicted octanol–water partition coefficient (Wildman–Crippen LogP) is 2.41. The normalized spacial score (nSPS) is 14.1. The van der Waals surface area contributed by atoms with Crippen molar-refractivity contribution in [2.75, 3.05) is 18.5 Å². The molecule has 9 nitrogen and oxygen atoms in total. The maximum Gasteiger partial charge on any atom is 0.240 e. The summed E-state index contributed by atoms with van der Waals surface area (Å²) in [4.78, 5) is 8.76. The van der Waals surface area contributed by atoms with Gasteiger partial charge in [0.15, 0.2) is 17.5 Å². The maximum absolute atomic E-state index is 12.1. The minimum absolute atomic E-state index is 0.0466. The molecule has 0 unspecified atom stereocenters. The zero-order chi connectivity index (χ0) is 20.4. The summed E-state index contributed by atoms with van der Waals surface area (Å²) in [5.41, 5.74) is 1.72. The SMILES string of the molecule is O=S(=O)(NCCO)c1ccc(-c2ncc(Cl)c(Nc3cc(C4CC4)[nH]n3)n2)cc1. The van der Waals surface area contributed by atoms with Crippen molar-refractivity contribution in [2.24, 2.45) is 0 Å². The van der Waals surface area contributed by atoms with Crippen molar-refractivity contribution in [3.63, 3.8) is 0 Å². The molecule has 4 N–H and O–H groups in total. The molecule has 0 amide bonds. The molecule has 0 aliphatic heterocycles. The Morgan fingerprint density at radius 2 is 2.00 bits per heavy atom. The molecule has 11 heteroatoms. The number of hydrogen-bond donors (Lipinski definition) is 4. The van der Waals surface area contributed by atoms with E-state index in [0.717, 1.165) is 5.69 Å². The van der Waals surface area contributed by atoms with Crippen LogP contribution in [-0.4, -0.2) is 46.8 Å². The molecule has 0 atom stereocenters. The van der Waals surface area contributed by atoms with Crippen LogP contribution in [0.1, 0.15) is 24.5 Å². The Morgan fingerprint density at radius 3 is 2.69 bits per heavy atom. The fraction of sp³-hybridized carbons (Fsp3) is 0.278. The van der Waals surface area contributed by atoms with E-state index in [-0.39, 0.29) is 18.0 Å². The van der Waals surface area contributed by atoms with Gasteiger partial charge in [-0.25, -0.2) is 23.1 Å². The van der Waals surface area contributed by atoms with Crippen molar-refractivity contribution in [1.29, 1.82) is 0 Å². The zero-order valence-electron chi connectivity index (χ0n) is 15.3. The Morgan fingerprint density at radius 1 is 1.24 bits per heavy atom. The number of aliphatic hydroxyl groups is 1. The molecule has 0 spiro atoms. The molecule has 152 valence electrons. The van der Waals surface area contributed by atoms with Crippen LogP contribution in [-0.2, 0) is 10.0 Å². The number of nitrogens with zero attached hydrogens (tertiary/aromatic N) is 3. The van der Waals surface area contributed by atoms with Gasteiger partial charge < -0.3 is 10.4 Å². The Labute approximate surface area is 172 Å². The van der Waals surface area contributed by atoms with Gasteiger partial charge in [0, 0.05) is 29.8 Å². The van der Waals surface area contributed by atoms with Crippen LogP contribution >= 0.6 is 11.6 Å². The molecule has 0 radical (unpaired) electrons. The summed E-state index contributed by atoms with van der Waals surface area (Å²) >= 11 is 6.22. The van der Waals surface area contributed by atoms with Crippen LogP contribution in [0.4, 0.5) is 11.6 Å². The Bertz CT molecular complexity index is 1110. The first kappa shape index (κ1) is 19.8. The molecule has 1 aromatic carbocycles. The van der Waals surface area contributed by atoms with Crippen LogP contribution in [0.3, 0.4) is 0 Å². The van der Waals surface area contributed by atoms with Gasteiger partial charge in [0.05, 0.1) is 17.7 Å². The third-order valence-electron chi connectivity index (χ3n) is 4.43. The van der Waals surface area contributed by atoms with Crippen molar-refractivity contribution in [2.45, 2.75) is 23.7 Å². The van der Waals surface area contributed by atoms with Gasteiger partial charge >= 0.3 is 0 Å². The second kappa shape index (κ2) is 8.07. The molecule has 1 saturated carbocycles. The highest BCUT2D eigenvalue weighted by molar-refractivity contribution is 7.89. The number of rotatable bonds is 8. The number of aromatic nitrogens is 4. The van der Waals surface area contributed by atoms with E-state index in [9.17, 15) is 8.42 Å². The quantitative estimate of drug-likeness (QED) is 0.427. The van der Waals surface area contributed by atoms with Crippen molar-refractivity contribution < 1.29 is 13.5 Å². The Balaban J connectivity index is 1.54. The lowest BCUT2D eigenvalue weighted by molar-refractivity contribution is 0.301. The van der Waals surface area contributed by atoms with E-state index >= 15 is 0 Å². The van der Waals surface area contributed by atoms with Gasteiger partial charge in [-0.15, -0.1) is 0 Å². The van der Waals surface area contributed by atoms with Gasteiger partial charge in [0.25, 0.3) is 0 Å². The number of aromatic amines is 1. The number of benzene rings is 1. The molecule has 1 aliphatic rings. The summed E-state index contributed by atoms with van der Waals surface area (Å²) in [6.45, 7) is -0.321. The predicted molar refractivity (Wildman–Crippen MR) is 109 cm³/mol. The van der Waals surface area contributed by atoms with Crippen LogP contribution in [0.5, 0.6) is 0 Å². The average molecular weight is 435 g/mol. The lowest BCUT2D eigenvalue weighted by atomic mass is 10.2. The van der Waals surface area contributed by atoms with Gasteiger partial charge in [-0.1, -0.05) is 11.6 Å². The molecule has 4 rings (SSSR count). The molecule has 29 heavy (non-hydrogen) atoms. The highest BCUT2D eigenvalue weighted by Crippen LogP contribution is 2.39. The van der Waals surface area contributed by atoms with Crippen molar-refractivity contribution in [3.8, 4) is 11.4 Å². The number of halogens is 1. The van der Waals surface area contributed by atoms with Crippen molar-refractivity contribution >= 4 is 33.3 Å². The number of anilines is 2. The largest absolute Gasteiger partial charge is 0.395 e. The topological polar surface area (TPSA) is 133 Å². The number of hydrogen-bond acceptors (Lipinski definition) is 7. The van der Waals surface area contributed by atoms with Gasteiger partial charge in [-0.05, 0) is 37.1 Å². The first-order chi connectivity index (χ1) is 14.0. The molecular weight excluding hydrogens is 416 g/mol. The van der Waals surface area contributed by atoms with Crippen LogP contribution in [0, 0.1) is 0 Å². The Hall–Kier alpha value is -2.53. The number of sulfonamides is 1. The third kappa shape index (κ3) is 4.56. The summed E-state index contributed by atoms with van der Waals surface area (Å²) in [7, 11) is -3.67. The van der Waals surface area contributed by atoms with Gasteiger partial charge in [-0.2, -0.15) is 5.10 Å². The first-order valence-electron chi connectivity index (χ1n) is 9.02. The third-order valence-corrected chi connectivity index (χ3v) is 6.19. The van der Waals surface area contributed by atoms with Crippen LogP contribution in [0.15, 0.2) is 41.4 Å². The summed E-state index contributed by atoms with van der Waals surface area (Å²) < 4.78 is 26.5. The summed E-state index contributed by atoms with van der Waals surface area (Å²) in [5, 5.41) is 19.5. The fourth-order valence-electron chi connectivity index (χ4n) is 2.77. The molecule has 3 aromatic rings. The summed E-state index contributed by atoms with van der Waals surface area (Å²) in [5.74, 6) is 1.97. The molecule has 0 bridgehead atoms. The summed E-state index contributed by atoms with van der Waals surface area (Å²) in [6, 6.07) is 8.07. The standard InChI is InChI=1S/C18H19ClN6O3S/c19-14-10-20-17(12-3-5-13(6-4-12)29(27,28)21-7-8-26)23-18(14)22-16-9-15(24-25-16)11-1-2-11/h3-6,9-11,21,26H,1-2,7-8H2,(H2,20,22,23,24,25). The van der Waals surface area contributed by atoms with Gasteiger partial charge in [0.1, 0.15) is 5.02 Å². The minimum Gasteiger partial charge on any atom is -0.395 e. The van der Waals surface area contributed by atoms with Crippen molar-refractivity contribution in [1.82, 2.24) is 24.9 Å². The number of H-pyrrole nitrogens is 1. The summed E-state index contributed by atoms with van der Waals surface area (Å²) in [6.07, 6.45) is 3.82. The van der Waals surface area contributed by atoms with E-state index in [0.29, 0.717) is 34.0 Å². The fourth-order valence-corrected chi connectivity index (χ4v) is 3.93. The second-order valence-electron chi connectivity index (χ2n) is 6.64. The molecule has 2 aromatic heterocycles. The van der Waals surface area contributed by atoms with E-state index in [1.807, 2.05) is 6.07 Å². The minimum atomic E-state index is -3.67. The average Bonchev–Trinajstić information content (AvgIpc) is 3.47. The van der Waals surface area contributed by atoms with Gasteiger partial charge in [-0.3, -0.25) is 5.10 Å². The maximum atomic E-state index is 12.1. The molecular formula is C18H19ClN6O3S. The highest BCUT2D eigenvalue weighted by atomic mass is 35.5. The second-order valence-corrected chi connectivity index (χ2v) is 8.82. The first-order valence-corrected chi connectivity index (χ1v) is 10.9. The lowest BCUT2D eigenvalue weighted by Crippen LogP contribution is -2.26. The van der Waals surface area contributed by atoms with Crippen LogP contribution in [0.25, 0.3) is 11.4 Å². The molecule has 0 saturated heterocycles. The van der Waals surface area contributed by atoms with E-state index in [1.54, 1.807) is 12.1 Å². The van der Waals surface area contributed by atoms with E-state index in [4.69, 9.17) is 16.7 Å². The van der Waals surface area contributed by atoms with Crippen molar-refractivity contribution in [3.05, 3.63) is 47.2 Å².